The Morgan fingerprint density at radius 2 is 1.90 bits per heavy atom. The summed E-state index contributed by atoms with van der Waals surface area (Å²) in [4.78, 5) is 47.4. The smallest absolute Gasteiger partial charge is 0.295 e. The largest absolute Gasteiger partial charge is 0.357 e. The minimum atomic E-state index is -0.823. The Bertz CT molecular complexity index is 993. The zero-order chi connectivity index (χ0) is 21.8. The Morgan fingerprint density at radius 1 is 1.23 bits per heavy atom. The molecule has 30 heavy (non-hydrogen) atoms. The standard InChI is InChI=1S/C19H24FN7O3/c1-4-23-25-24-17-15-14(13(20)10-22-17)12(9-21-15)16(28)19(30)27-7-5-26(6-8-27)18(29)11(2)3/h9-11,21H,4-8H2,1-3H3,(H,22,23,24). The summed E-state index contributed by atoms with van der Waals surface area (Å²) in [5.41, 5.74) is 2.73. The highest BCUT2D eigenvalue weighted by Crippen LogP contribution is 2.27. The van der Waals surface area contributed by atoms with Crippen molar-refractivity contribution in [3.8, 4) is 0 Å². The quantitative estimate of drug-likeness (QED) is 0.322. The summed E-state index contributed by atoms with van der Waals surface area (Å²) in [7, 11) is 0. The molecule has 0 saturated carbocycles. The molecule has 10 nitrogen and oxygen atoms in total. The lowest BCUT2D eigenvalue weighted by atomic mass is 10.1. The molecule has 3 rings (SSSR count). The number of carbonyl (C=O) groups is 3. The van der Waals surface area contributed by atoms with Gasteiger partial charge in [-0.3, -0.25) is 14.4 Å². The Kier molecular flexibility index (Phi) is 6.38. The van der Waals surface area contributed by atoms with Gasteiger partial charge in [-0.25, -0.2) is 14.8 Å². The molecule has 1 aliphatic rings. The van der Waals surface area contributed by atoms with E-state index in [1.54, 1.807) is 11.8 Å². The molecular formula is C19H24FN7O3. The third-order valence-corrected chi connectivity index (χ3v) is 4.84. The number of nitrogens with one attached hydrogen (secondary N) is 2. The number of piperazine rings is 1. The van der Waals surface area contributed by atoms with Crippen molar-refractivity contribution >= 4 is 34.3 Å². The van der Waals surface area contributed by atoms with E-state index in [9.17, 15) is 18.8 Å². The Hall–Kier alpha value is -3.37. The lowest BCUT2D eigenvalue weighted by molar-refractivity contribution is -0.139. The predicted molar refractivity (Wildman–Crippen MR) is 107 cm³/mol. The van der Waals surface area contributed by atoms with Crippen LogP contribution >= 0.6 is 0 Å². The first kappa shape index (κ1) is 21.3. The van der Waals surface area contributed by atoms with Gasteiger partial charge in [-0.15, -0.1) is 0 Å². The number of Topliss-reactive ketones (excluding diaryl/α,β-unsaturated/α-hetero) is 1. The monoisotopic (exact) mass is 417 g/mol. The van der Waals surface area contributed by atoms with Crippen molar-refractivity contribution in [1.29, 1.82) is 0 Å². The second-order valence-electron chi connectivity index (χ2n) is 7.18. The van der Waals surface area contributed by atoms with E-state index >= 15 is 0 Å². The molecule has 0 bridgehead atoms. The van der Waals surface area contributed by atoms with Crippen molar-refractivity contribution in [3.63, 3.8) is 0 Å². The van der Waals surface area contributed by atoms with E-state index < -0.39 is 17.5 Å². The lowest BCUT2D eigenvalue weighted by Gasteiger charge is -2.35. The van der Waals surface area contributed by atoms with Crippen LogP contribution in [0.5, 0.6) is 0 Å². The Labute approximate surface area is 172 Å². The molecular weight excluding hydrogens is 393 g/mol. The van der Waals surface area contributed by atoms with Crippen LogP contribution in [-0.2, 0) is 9.59 Å². The summed E-state index contributed by atoms with van der Waals surface area (Å²) in [5, 5.41) is 7.45. The maximum absolute atomic E-state index is 14.4. The molecule has 2 N–H and O–H groups in total. The molecule has 0 atom stereocenters. The number of ketones is 1. The maximum Gasteiger partial charge on any atom is 0.295 e. The Morgan fingerprint density at radius 3 is 2.53 bits per heavy atom. The molecule has 2 aromatic rings. The van der Waals surface area contributed by atoms with Gasteiger partial charge in [-0.2, -0.15) is 5.11 Å². The highest BCUT2D eigenvalue weighted by atomic mass is 19.1. The Balaban J connectivity index is 1.78. The van der Waals surface area contributed by atoms with Crippen molar-refractivity contribution in [2.45, 2.75) is 20.8 Å². The van der Waals surface area contributed by atoms with Crippen LogP contribution in [0.15, 0.2) is 22.7 Å². The summed E-state index contributed by atoms with van der Waals surface area (Å²) < 4.78 is 14.4. The number of carbonyl (C=O) groups excluding carboxylic acids is 3. The highest BCUT2D eigenvalue weighted by Gasteiger charge is 2.31. The van der Waals surface area contributed by atoms with Gasteiger partial charge in [0.25, 0.3) is 11.7 Å². The zero-order valence-electron chi connectivity index (χ0n) is 17.1. The number of aromatic amines is 1. The number of H-pyrrole nitrogens is 1. The van der Waals surface area contributed by atoms with Crippen molar-refractivity contribution in [2.24, 2.45) is 16.3 Å². The first-order chi connectivity index (χ1) is 14.3. The van der Waals surface area contributed by atoms with Crippen LogP contribution in [0.4, 0.5) is 10.2 Å². The van der Waals surface area contributed by atoms with E-state index in [0.717, 1.165) is 6.20 Å². The van der Waals surface area contributed by atoms with Crippen molar-refractivity contribution in [3.05, 3.63) is 23.8 Å². The number of aromatic nitrogens is 2. The summed E-state index contributed by atoms with van der Waals surface area (Å²) in [6.45, 7) is 7.11. The lowest BCUT2D eigenvalue weighted by Crippen LogP contribution is -2.52. The highest BCUT2D eigenvalue weighted by molar-refractivity contribution is 6.45. The van der Waals surface area contributed by atoms with Gasteiger partial charge in [-0.1, -0.05) is 19.1 Å². The molecule has 2 amide bonds. The van der Waals surface area contributed by atoms with Crippen LogP contribution < -0.4 is 5.43 Å². The maximum atomic E-state index is 14.4. The second-order valence-corrected chi connectivity index (χ2v) is 7.18. The van der Waals surface area contributed by atoms with Gasteiger partial charge < -0.3 is 14.8 Å². The van der Waals surface area contributed by atoms with E-state index in [4.69, 9.17) is 0 Å². The molecule has 0 radical (unpaired) electrons. The van der Waals surface area contributed by atoms with E-state index in [0.29, 0.717) is 19.6 Å². The third kappa shape index (κ3) is 4.14. The minimum Gasteiger partial charge on any atom is -0.357 e. The average molecular weight is 417 g/mol. The van der Waals surface area contributed by atoms with Crippen LogP contribution in [0.3, 0.4) is 0 Å². The molecule has 0 unspecified atom stereocenters. The fraction of sp³-hybridized carbons (Fsp3) is 0.474. The molecule has 3 heterocycles. The molecule has 0 spiro atoms. The van der Waals surface area contributed by atoms with Crippen LogP contribution in [0.2, 0.25) is 0 Å². The van der Waals surface area contributed by atoms with Crippen LogP contribution in [-0.4, -0.2) is 70.1 Å². The zero-order valence-corrected chi connectivity index (χ0v) is 17.1. The number of nitrogens with zero attached hydrogens (tertiary/aromatic N) is 5. The first-order valence-electron chi connectivity index (χ1n) is 9.75. The fourth-order valence-corrected chi connectivity index (χ4v) is 3.28. The normalized spacial score (nSPS) is 14.7. The predicted octanol–water partition coefficient (Wildman–Crippen LogP) is 2.01. The molecule has 2 aromatic heterocycles. The summed E-state index contributed by atoms with van der Waals surface area (Å²) in [6, 6.07) is 0. The van der Waals surface area contributed by atoms with E-state index in [1.807, 2.05) is 13.8 Å². The van der Waals surface area contributed by atoms with Crippen LogP contribution in [0.1, 0.15) is 31.1 Å². The molecule has 11 heteroatoms. The van der Waals surface area contributed by atoms with Gasteiger partial charge in [-0.05, 0) is 6.92 Å². The topological polar surface area (TPSA) is 123 Å². The van der Waals surface area contributed by atoms with Gasteiger partial charge in [0.05, 0.1) is 29.2 Å². The summed E-state index contributed by atoms with van der Waals surface area (Å²) in [6.07, 6.45) is 2.24. The first-order valence-corrected chi connectivity index (χ1v) is 9.75. The van der Waals surface area contributed by atoms with Gasteiger partial charge >= 0.3 is 0 Å². The number of hydrogen-bond donors (Lipinski definition) is 2. The number of rotatable bonds is 6. The van der Waals surface area contributed by atoms with E-state index in [-0.39, 0.29) is 47.2 Å². The second kappa shape index (κ2) is 8.97. The van der Waals surface area contributed by atoms with E-state index in [1.165, 1.54) is 11.1 Å². The van der Waals surface area contributed by atoms with Crippen LogP contribution in [0, 0.1) is 11.7 Å². The van der Waals surface area contributed by atoms with Gasteiger partial charge in [0, 0.05) is 38.3 Å². The minimum absolute atomic E-state index is 0.0138. The third-order valence-electron chi connectivity index (χ3n) is 4.84. The SMILES string of the molecule is CCN=NNc1ncc(F)c2c(C(=O)C(=O)N3CCN(C(=O)C(C)C)CC3)c[nH]c12. The number of pyridine rings is 1. The summed E-state index contributed by atoms with van der Waals surface area (Å²) in [5.74, 6) is -2.21. The molecule has 1 fully saturated rings. The fourth-order valence-electron chi connectivity index (χ4n) is 3.28. The van der Waals surface area contributed by atoms with Gasteiger partial charge in [0.1, 0.15) is 0 Å². The van der Waals surface area contributed by atoms with Crippen molar-refractivity contribution in [1.82, 2.24) is 19.8 Å². The average Bonchev–Trinajstić information content (AvgIpc) is 3.20. The van der Waals surface area contributed by atoms with Crippen molar-refractivity contribution in [2.75, 3.05) is 38.1 Å². The van der Waals surface area contributed by atoms with Gasteiger partial charge in [0.15, 0.2) is 11.6 Å². The number of hydrogen-bond acceptors (Lipinski definition) is 6. The van der Waals surface area contributed by atoms with E-state index in [2.05, 4.69) is 25.7 Å². The van der Waals surface area contributed by atoms with Crippen molar-refractivity contribution < 1.29 is 18.8 Å². The molecule has 1 aliphatic heterocycles. The molecule has 1 saturated heterocycles. The number of halogens is 1. The number of anilines is 1. The summed E-state index contributed by atoms with van der Waals surface area (Å²) >= 11 is 0. The van der Waals surface area contributed by atoms with Crippen LogP contribution in [0.25, 0.3) is 10.9 Å². The number of amides is 2. The molecule has 0 aromatic carbocycles. The molecule has 160 valence electrons. The van der Waals surface area contributed by atoms with Gasteiger partial charge in [0.2, 0.25) is 5.91 Å². The number of fused-ring (bicyclic) bond motifs is 1. The molecule has 0 aliphatic carbocycles.